The molecule has 1 aliphatic carbocycles. The Bertz CT molecular complexity index is 165. The molecule has 0 aliphatic heterocycles. The van der Waals surface area contributed by atoms with E-state index in [1.165, 1.54) is 0 Å². The smallest absolute Gasteiger partial charge is 0.303 e. The Morgan fingerprint density at radius 1 is 1.70 bits per heavy atom. The van der Waals surface area contributed by atoms with Gasteiger partial charge in [0.05, 0.1) is 6.42 Å². The van der Waals surface area contributed by atoms with Crippen molar-refractivity contribution in [3.8, 4) is 0 Å². The largest absolute Gasteiger partial charge is 0.481 e. The molecule has 1 aliphatic rings. The Labute approximate surface area is 59.5 Å². The summed E-state index contributed by atoms with van der Waals surface area (Å²) in [5.74, 6) is -0.587. The van der Waals surface area contributed by atoms with Gasteiger partial charge in [-0.3, -0.25) is 4.79 Å². The predicted octanol–water partition coefficient (Wildman–Crippen LogP) is 0.364. The fraction of sp³-hybridized carbons (Fsp3) is 0.571. The molecule has 0 heterocycles. The molecule has 3 N–H and O–H groups in total. The van der Waals surface area contributed by atoms with Gasteiger partial charge in [-0.05, 0) is 12.3 Å². The van der Waals surface area contributed by atoms with Crippen molar-refractivity contribution in [2.75, 3.05) is 0 Å². The third kappa shape index (κ3) is 1.84. The SMILES string of the molecule is N[C@H]1C=C[C@@H](CC(=O)O)C1. The molecule has 0 aromatic rings. The lowest BCUT2D eigenvalue weighted by Crippen LogP contribution is -2.16. The number of aliphatic carboxylic acids is 1. The van der Waals surface area contributed by atoms with Gasteiger partial charge in [0, 0.05) is 6.04 Å². The van der Waals surface area contributed by atoms with Crippen molar-refractivity contribution in [3.05, 3.63) is 12.2 Å². The molecule has 2 atom stereocenters. The van der Waals surface area contributed by atoms with Crippen LogP contribution in [0.3, 0.4) is 0 Å². The Kier molecular flexibility index (Phi) is 2.06. The van der Waals surface area contributed by atoms with Gasteiger partial charge in [-0.2, -0.15) is 0 Å². The quantitative estimate of drug-likeness (QED) is 0.546. The second-order valence-corrected chi connectivity index (χ2v) is 2.64. The zero-order valence-electron chi connectivity index (χ0n) is 5.66. The standard InChI is InChI=1S/C7H11NO2/c8-6-2-1-5(3-6)4-7(9)10/h1-2,5-6H,3-4,8H2,(H,9,10)/t5-,6+/m1/s1. The van der Waals surface area contributed by atoms with Gasteiger partial charge in [0.1, 0.15) is 0 Å². The molecule has 0 saturated carbocycles. The van der Waals surface area contributed by atoms with Gasteiger partial charge in [0.15, 0.2) is 0 Å². The van der Waals surface area contributed by atoms with Crippen molar-refractivity contribution in [2.45, 2.75) is 18.9 Å². The van der Waals surface area contributed by atoms with E-state index >= 15 is 0 Å². The second kappa shape index (κ2) is 2.84. The van der Waals surface area contributed by atoms with E-state index in [0.717, 1.165) is 6.42 Å². The Morgan fingerprint density at radius 3 is 2.80 bits per heavy atom. The number of hydrogen-bond acceptors (Lipinski definition) is 2. The summed E-state index contributed by atoms with van der Waals surface area (Å²) in [6, 6.07) is 0.0735. The third-order valence-electron chi connectivity index (χ3n) is 1.64. The number of carboxylic acid groups (broad SMARTS) is 1. The highest BCUT2D eigenvalue weighted by Gasteiger charge is 2.17. The molecule has 0 fully saturated rings. The first-order chi connectivity index (χ1) is 4.68. The van der Waals surface area contributed by atoms with E-state index in [9.17, 15) is 4.79 Å². The Morgan fingerprint density at radius 2 is 2.40 bits per heavy atom. The minimum absolute atomic E-state index is 0.0735. The molecule has 3 heteroatoms. The van der Waals surface area contributed by atoms with Crippen LogP contribution in [0, 0.1) is 5.92 Å². The van der Waals surface area contributed by atoms with Crippen LogP contribution < -0.4 is 5.73 Å². The summed E-state index contributed by atoms with van der Waals surface area (Å²) in [6.45, 7) is 0. The van der Waals surface area contributed by atoms with Crippen LogP contribution in [0.1, 0.15) is 12.8 Å². The highest BCUT2D eigenvalue weighted by molar-refractivity contribution is 5.67. The van der Waals surface area contributed by atoms with Crippen LogP contribution in [0.4, 0.5) is 0 Å². The summed E-state index contributed by atoms with van der Waals surface area (Å²) >= 11 is 0. The molecule has 0 amide bonds. The molecule has 56 valence electrons. The molecule has 10 heavy (non-hydrogen) atoms. The summed E-state index contributed by atoms with van der Waals surface area (Å²) in [5, 5.41) is 8.39. The molecule has 0 aromatic heterocycles. The third-order valence-corrected chi connectivity index (χ3v) is 1.64. The molecular formula is C7H11NO2. The van der Waals surface area contributed by atoms with Crippen LogP contribution in [-0.2, 0) is 4.79 Å². The van der Waals surface area contributed by atoms with E-state index in [-0.39, 0.29) is 18.4 Å². The highest BCUT2D eigenvalue weighted by Crippen LogP contribution is 2.19. The number of rotatable bonds is 2. The number of carbonyl (C=O) groups is 1. The lowest BCUT2D eigenvalue weighted by atomic mass is 10.0. The van der Waals surface area contributed by atoms with Gasteiger partial charge in [-0.1, -0.05) is 12.2 Å². The minimum atomic E-state index is -0.747. The van der Waals surface area contributed by atoms with E-state index in [4.69, 9.17) is 10.8 Å². The van der Waals surface area contributed by atoms with E-state index < -0.39 is 5.97 Å². The summed E-state index contributed by atoms with van der Waals surface area (Å²) in [7, 11) is 0. The van der Waals surface area contributed by atoms with Crippen LogP contribution in [0.15, 0.2) is 12.2 Å². The van der Waals surface area contributed by atoms with Crippen LogP contribution in [0.2, 0.25) is 0 Å². The molecule has 1 rings (SSSR count). The predicted molar refractivity (Wildman–Crippen MR) is 37.5 cm³/mol. The van der Waals surface area contributed by atoms with Crippen LogP contribution in [-0.4, -0.2) is 17.1 Å². The van der Waals surface area contributed by atoms with Gasteiger partial charge >= 0.3 is 5.97 Å². The summed E-state index contributed by atoms with van der Waals surface area (Å²) in [6.07, 6.45) is 4.75. The van der Waals surface area contributed by atoms with Crippen LogP contribution in [0.25, 0.3) is 0 Å². The zero-order valence-corrected chi connectivity index (χ0v) is 5.66. The normalized spacial score (nSPS) is 30.9. The number of carboxylic acids is 1. The number of nitrogens with two attached hydrogens (primary N) is 1. The van der Waals surface area contributed by atoms with E-state index in [2.05, 4.69) is 0 Å². The minimum Gasteiger partial charge on any atom is -0.481 e. The maximum absolute atomic E-state index is 10.2. The maximum atomic E-state index is 10.2. The van der Waals surface area contributed by atoms with Crippen molar-refractivity contribution < 1.29 is 9.90 Å². The van der Waals surface area contributed by atoms with Crippen LogP contribution in [0.5, 0.6) is 0 Å². The Hall–Kier alpha value is -0.830. The van der Waals surface area contributed by atoms with E-state index in [1.807, 2.05) is 12.2 Å². The molecule has 0 aromatic carbocycles. The first-order valence-corrected chi connectivity index (χ1v) is 3.34. The topological polar surface area (TPSA) is 63.3 Å². The average Bonchev–Trinajstić information content (AvgIpc) is 2.13. The van der Waals surface area contributed by atoms with Gasteiger partial charge in [0.25, 0.3) is 0 Å². The van der Waals surface area contributed by atoms with Crippen molar-refractivity contribution in [1.29, 1.82) is 0 Å². The first-order valence-electron chi connectivity index (χ1n) is 3.34. The summed E-state index contributed by atoms with van der Waals surface area (Å²) in [4.78, 5) is 10.2. The summed E-state index contributed by atoms with van der Waals surface area (Å²) < 4.78 is 0. The van der Waals surface area contributed by atoms with Gasteiger partial charge in [0.2, 0.25) is 0 Å². The van der Waals surface area contributed by atoms with Crippen molar-refractivity contribution in [1.82, 2.24) is 0 Å². The molecule has 0 radical (unpaired) electrons. The first kappa shape index (κ1) is 7.28. The van der Waals surface area contributed by atoms with E-state index in [1.54, 1.807) is 0 Å². The van der Waals surface area contributed by atoms with Crippen molar-refractivity contribution in [2.24, 2.45) is 11.7 Å². The maximum Gasteiger partial charge on any atom is 0.303 e. The van der Waals surface area contributed by atoms with Gasteiger partial charge in [-0.15, -0.1) is 0 Å². The average molecular weight is 141 g/mol. The lowest BCUT2D eigenvalue weighted by Gasteiger charge is -2.03. The van der Waals surface area contributed by atoms with E-state index in [0.29, 0.717) is 0 Å². The van der Waals surface area contributed by atoms with Gasteiger partial charge in [-0.25, -0.2) is 0 Å². The molecule has 0 saturated heterocycles. The van der Waals surface area contributed by atoms with Crippen molar-refractivity contribution >= 4 is 5.97 Å². The monoisotopic (exact) mass is 141 g/mol. The Balaban J connectivity index is 2.33. The molecule has 3 nitrogen and oxygen atoms in total. The highest BCUT2D eigenvalue weighted by atomic mass is 16.4. The lowest BCUT2D eigenvalue weighted by molar-refractivity contribution is -0.137. The molecular weight excluding hydrogens is 130 g/mol. The van der Waals surface area contributed by atoms with Crippen LogP contribution >= 0.6 is 0 Å². The molecule has 0 unspecified atom stereocenters. The molecule has 0 bridgehead atoms. The number of allylic oxidation sites excluding steroid dienone is 1. The fourth-order valence-electron chi connectivity index (χ4n) is 1.18. The number of hydrogen-bond donors (Lipinski definition) is 2. The fourth-order valence-corrected chi connectivity index (χ4v) is 1.18. The second-order valence-electron chi connectivity index (χ2n) is 2.64. The van der Waals surface area contributed by atoms with Crippen molar-refractivity contribution in [3.63, 3.8) is 0 Å². The van der Waals surface area contributed by atoms with Gasteiger partial charge < -0.3 is 10.8 Å². The molecule has 0 spiro atoms. The zero-order chi connectivity index (χ0) is 7.56. The summed E-state index contributed by atoms with van der Waals surface area (Å²) in [5.41, 5.74) is 5.52.